The molecule has 6 aliphatic rings. The number of carbonyl (C=O) groups is 1. The number of aromatic carboxylic acids is 1. The Hall–Kier alpha value is -4.54. The molecule has 5 fully saturated rings. The van der Waals surface area contributed by atoms with Crippen LogP contribution in [-0.2, 0) is 10.0 Å². The maximum atomic E-state index is 13.2. The first-order valence-corrected chi connectivity index (χ1v) is 25.1. The van der Waals surface area contributed by atoms with Crippen molar-refractivity contribution in [3.63, 3.8) is 0 Å². The summed E-state index contributed by atoms with van der Waals surface area (Å²) in [5, 5.41) is 13.7. The van der Waals surface area contributed by atoms with Crippen LogP contribution < -0.4 is 5.32 Å². The molecule has 0 aromatic heterocycles. The van der Waals surface area contributed by atoms with Crippen molar-refractivity contribution >= 4 is 21.6 Å². The first-order valence-electron chi connectivity index (χ1n) is 23.7. The van der Waals surface area contributed by atoms with Crippen molar-refractivity contribution in [1.29, 1.82) is 0 Å². The number of benzene rings is 2. The van der Waals surface area contributed by atoms with Crippen LogP contribution in [0.5, 0.6) is 0 Å². The molecule has 2 N–H and O–H groups in total. The molecule has 1 aliphatic heterocycles. The van der Waals surface area contributed by atoms with Crippen molar-refractivity contribution < 1.29 is 18.3 Å². The largest absolute Gasteiger partial charge is 0.478 e. The third-order valence-corrected chi connectivity index (χ3v) is 18.1. The van der Waals surface area contributed by atoms with Gasteiger partial charge in [-0.15, -0.1) is 58.0 Å². The number of fused-ring (bicyclic) bond motifs is 7. The second kappa shape index (κ2) is 25.4. The highest BCUT2D eigenvalue weighted by Crippen LogP contribution is 2.72. The van der Waals surface area contributed by atoms with E-state index in [9.17, 15) is 18.3 Å². The number of allylic oxidation sites excluding steroid dienone is 3. The van der Waals surface area contributed by atoms with Gasteiger partial charge >= 0.3 is 5.97 Å². The van der Waals surface area contributed by atoms with E-state index in [1.165, 1.54) is 68.9 Å². The third kappa shape index (κ3) is 11.5. The molecule has 2 aromatic carbocycles. The molecule has 1 saturated heterocycles. The summed E-state index contributed by atoms with van der Waals surface area (Å²) in [6.45, 7) is 24.2. The zero-order valence-corrected chi connectivity index (χ0v) is 41.7. The van der Waals surface area contributed by atoms with Gasteiger partial charge in [-0.2, -0.15) is 4.31 Å². The van der Waals surface area contributed by atoms with Crippen molar-refractivity contribution in [3.8, 4) is 51.4 Å². The Bertz CT molecular complexity index is 2000. The Morgan fingerprint density at radius 1 is 0.769 bits per heavy atom. The smallest absolute Gasteiger partial charge is 0.335 e. The fourth-order valence-corrected chi connectivity index (χ4v) is 15.3. The Balaban J connectivity index is 0.00000102. The van der Waals surface area contributed by atoms with Gasteiger partial charge in [0.2, 0.25) is 10.0 Å². The molecule has 7 nitrogen and oxygen atoms in total. The lowest BCUT2D eigenvalue weighted by Crippen LogP contribution is -2.64. The van der Waals surface area contributed by atoms with Gasteiger partial charge < -0.3 is 10.4 Å². The molecule has 0 radical (unpaired) electrons. The molecule has 1 heterocycles. The van der Waals surface area contributed by atoms with E-state index in [1.54, 1.807) is 46.8 Å². The highest BCUT2D eigenvalue weighted by molar-refractivity contribution is 7.89. The van der Waals surface area contributed by atoms with Gasteiger partial charge in [-0.3, -0.25) is 4.90 Å². The average Bonchev–Trinajstić information content (AvgIpc) is 3.77. The quantitative estimate of drug-likeness (QED) is 0.203. The fraction of sp³-hybridized carbons (Fsp3) is 0.561. The number of sulfonamides is 1. The van der Waals surface area contributed by atoms with Crippen LogP contribution in [0.2, 0.25) is 0 Å². The summed E-state index contributed by atoms with van der Waals surface area (Å²) in [6, 6.07) is 16.5. The highest BCUT2D eigenvalue weighted by Gasteiger charge is 2.65. The number of piperazine rings is 1. The van der Waals surface area contributed by atoms with Gasteiger partial charge in [-0.1, -0.05) is 90.4 Å². The zero-order chi connectivity index (χ0) is 49.2. The van der Waals surface area contributed by atoms with Crippen molar-refractivity contribution in [2.45, 2.75) is 123 Å². The number of hydrogen-bond acceptors (Lipinski definition) is 5. The second-order valence-electron chi connectivity index (χ2n) is 19.0. The second-order valence-corrected chi connectivity index (χ2v) is 21.0. The summed E-state index contributed by atoms with van der Waals surface area (Å²) in [7, 11) is -3.42. The highest BCUT2D eigenvalue weighted by atomic mass is 32.2. The monoisotopic (exact) mass is 904 g/mol. The van der Waals surface area contributed by atoms with E-state index in [-0.39, 0.29) is 16.4 Å². The van der Waals surface area contributed by atoms with E-state index in [0.717, 1.165) is 56.3 Å². The summed E-state index contributed by atoms with van der Waals surface area (Å²) in [5.74, 6) is 2.87. The van der Waals surface area contributed by atoms with Crippen LogP contribution in [0.4, 0.5) is 0 Å². The number of carboxylic acids is 1. The molecule has 354 valence electrons. The molecule has 4 unspecified atom stereocenters. The summed E-state index contributed by atoms with van der Waals surface area (Å²) >= 11 is 0. The van der Waals surface area contributed by atoms with Gasteiger partial charge in [0.1, 0.15) is 0 Å². The molecule has 2 aromatic rings. The Labute approximate surface area is 396 Å². The minimum Gasteiger partial charge on any atom is -0.478 e. The van der Waals surface area contributed by atoms with E-state index < -0.39 is 16.0 Å². The number of terminal acetylenes is 4. The van der Waals surface area contributed by atoms with Gasteiger partial charge in [0, 0.05) is 44.8 Å². The maximum Gasteiger partial charge on any atom is 0.335 e. The Morgan fingerprint density at radius 3 is 1.92 bits per heavy atom. The Kier molecular flexibility index (Phi) is 22.1. The normalized spacial score (nSPS) is 30.5. The van der Waals surface area contributed by atoms with Crippen molar-refractivity contribution in [3.05, 3.63) is 84.5 Å². The summed E-state index contributed by atoms with van der Waals surface area (Å²) in [6.07, 6.45) is 49.4. The standard InChI is InChI=1S/C44H61N3O4S.C3H6.C2H6.4C2H2/c1-41(2)35(31-12-14-32(15-13-31)40(48)49)18-22-43(4)38(41)20-23-42(3)36-19-24-44(21-8-11-37(44)34(36)16-17-39(42)43)45-25-26-46-27-29-47(30-28-46)52(50,51)33-9-6-5-7-10-33;1-3-2;5*1-2/h5-7,9-10,12-15,18,34,36-39,45H,8,11,16-17,19-30H2,1-4H3,(H,48,49);3H,1H2,2H3;1-2H3;4*1-2H/t34-,36?,37?,38?,39?,42-,43-,44-;;;;;;/m0....../s1. The van der Waals surface area contributed by atoms with Crippen LogP contribution in [0, 0.1) is 97.2 Å². The van der Waals surface area contributed by atoms with E-state index in [4.69, 9.17) is 0 Å². The number of nitrogens with one attached hydrogen (secondary N) is 1. The lowest BCUT2D eigenvalue weighted by Gasteiger charge is -2.68. The molecule has 5 aliphatic carbocycles. The topological polar surface area (TPSA) is 89.9 Å². The fourth-order valence-electron chi connectivity index (χ4n) is 13.8. The number of carboxylic acid groups (broad SMARTS) is 1. The predicted octanol–water partition coefficient (Wildman–Crippen LogP) is 11.4. The van der Waals surface area contributed by atoms with E-state index >= 15 is 0 Å². The van der Waals surface area contributed by atoms with Crippen LogP contribution in [0.25, 0.3) is 5.57 Å². The number of nitrogens with zero attached hydrogens (tertiary/aromatic N) is 2. The molecule has 8 rings (SSSR count). The number of hydrogen-bond donors (Lipinski definition) is 2. The van der Waals surface area contributed by atoms with E-state index in [0.29, 0.717) is 34.9 Å². The zero-order valence-electron chi connectivity index (χ0n) is 40.9. The lowest BCUT2D eigenvalue weighted by atomic mass is 9.37. The predicted molar refractivity (Wildman–Crippen MR) is 274 cm³/mol. The Morgan fingerprint density at radius 2 is 1.35 bits per heavy atom. The third-order valence-electron chi connectivity index (χ3n) is 16.1. The maximum absolute atomic E-state index is 13.2. The number of rotatable bonds is 8. The molecule has 0 spiro atoms. The van der Waals surface area contributed by atoms with Crippen LogP contribution >= 0.6 is 0 Å². The molecular formula is C57H81N3O4S. The molecule has 0 bridgehead atoms. The minimum absolute atomic E-state index is 0.0375. The summed E-state index contributed by atoms with van der Waals surface area (Å²) in [4.78, 5) is 14.4. The molecule has 4 saturated carbocycles. The molecule has 65 heavy (non-hydrogen) atoms. The van der Waals surface area contributed by atoms with E-state index in [1.807, 2.05) is 39.0 Å². The SMILES string of the molecule is C#C.C#C.C#C.C#C.C=CC.CC.CC1(C)C(c2ccc(C(=O)O)cc2)=CC[C@@]2(C)C1CC[C@@]1(C)C3CC[C@@]4(NCCN5CCN(S(=O)(=O)c6ccccc6)CC5)CCCC4[C@H]3CCC12. The lowest BCUT2D eigenvalue weighted by molar-refractivity contribution is -0.172. The van der Waals surface area contributed by atoms with Crippen molar-refractivity contribution in [2.75, 3.05) is 39.3 Å². The van der Waals surface area contributed by atoms with Crippen molar-refractivity contribution in [2.24, 2.45) is 45.8 Å². The average molecular weight is 904 g/mol. The van der Waals surface area contributed by atoms with Gasteiger partial charge in [-0.05, 0) is 146 Å². The molecule has 8 heteroatoms. The van der Waals surface area contributed by atoms with Gasteiger partial charge in [-0.25, -0.2) is 13.2 Å². The van der Waals surface area contributed by atoms with Crippen LogP contribution in [0.3, 0.4) is 0 Å². The van der Waals surface area contributed by atoms with Crippen LogP contribution in [0.1, 0.15) is 129 Å². The first-order chi connectivity index (χ1) is 31.2. The molecular weight excluding hydrogens is 823 g/mol. The van der Waals surface area contributed by atoms with Crippen molar-refractivity contribution in [1.82, 2.24) is 14.5 Å². The molecule has 0 amide bonds. The minimum atomic E-state index is -3.42. The molecule has 8 atom stereocenters. The van der Waals surface area contributed by atoms with Gasteiger partial charge in [0.15, 0.2) is 0 Å². The van der Waals surface area contributed by atoms with E-state index in [2.05, 4.69) is 102 Å². The summed E-state index contributed by atoms with van der Waals surface area (Å²) in [5.41, 5.74) is 3.91. The van der Waals surface area contributed by atoms with Gasteiger partial charge in [0.05, 0.1) is 10.5 Å². The van der Waals surface area contributed by atoms with Gasteiger partial charge in [0.25, 0.3) is 0 Å². The van der Waals surface area contributed by atoms with Crippen LogP contribution in [-0.4, -0.2) is 73.5 Å². The first kappa shape index (κ1) is 56.6. The summed E-state index contributed by atoms with van der Waals surface area (Å²) < 4.78 is 28.0. The van der Waals surface area contributed by atoms with Crippen LogP contribution in [0.15, 0.2) is 78.2 Å².